The number of nitrogens with zero attached hydrogens (tertiary/aromatic N) is 2. The van der Waals surface area contributed by atoms with Crippen molar-refractivity contribution >= 4 is 44.3 Å². The molecule has 1 aliphatic rings. The van der Waals surface area contributed by atoms with E-state index in [9.17, 15) is 18.0 Å². The maximum absolute atomic E-state index is 13.3. The average molecular weight is 565 g/mol. The summed E-state index contributed by atoms with van der Waals surface area (Å²) in [6, 6.07) is 20.0. The molecule has 1 aromatic heterocycles. The Morgan fingerprint density at radius 1 is 1.00 bits per heavy atom. The van der Waals surface area contributed by atoms with Gasteiger partial charge in [0.25, 0.3) is 0 Å². The molecule has 10 heteroatoms. The fourth-order valence-electron chi connectivity index (χ4n) is 4.52. The summed E-state index contributed by atoms with van der Waals surface area (Å²) in [5.74, 6) is -1.11. The highest BCUT2D eigenvalue weighted by Gasteiger charge is 2.27. The molecule has 3 aromatic carbocycles. The highest BCUT2D eigenvalue weighted by atomic mass is 35.5. The number of hydrogen-bond acceptors (Lipinski definition) is 7. The van der Waals surface area contributed by atoms with Crippen LogP contribution in [0.4, 0.5) is 0 Å². The number of benzene rings is 3. The van der Waals surface area contributed by atoms with Gasteiger partial charge in [-0.2, -0.15) is 4.31 Å². The lowest BCUT2D eigenvalue weighted by Crippen LogP contribution is -2.40. The highest BCUT2D eigenvalue weighted by Crippen LogP contribution is 2.31. The minimum atomic E-state index is -3.68. The van der Waals surface area contributed by atoms with Crippen molar-refractivity contribution in [2.24, 2.45) is 0 Å². The Hall–Kier alpha value is -3.63. The molecule has 5 rings (SSSR count). The predicted molar refractivity (Wildman–Crippen MR) is 148 cm³/mol. The zero-order chi connectivity index (χ0) is 27.6. The Morgan fingerprint density at radius 2 is 1.72 bits per heavy atom. The van der Waals surface area contributed by atoms with E-state index in [0.717, 1.165) is 5.56 Å². The van der Waals surface area contributed by atoms with Crippen molar-refractivity contribution in [1.82, 2.24) is 9.29 Å². The molecule has 0 spiro atoms. The SMILES string of the molecule is Cc1c(-c2cccc(Cl)c2)nc2ccccc2c1C(=O)OCC(=O)c1ccc(S(=O)(=O)N2CCOCC2)cc1. The molecule has 1 aliphatic heterocycles. The molecule has 2 heterocycles. The van der Waals surface area contributed by atoms with E-state index >= 15 is 0 Å². The van der Waals surface area contributed by atoms with Crippen LogP contribution in [0.1, 0.15) is 26.3 Å². The molecule has 0 saturated carbocycles. The number of para-hydroxylation sites is 1. The number of sulfonamides is 1. The average Bonchev–Trinajstić information content (AvgIpc) is 2.96. The second kappa shape index (κ2) is 11.2. The van der Waals surface area contributed by atoms with E-state index in [1.54, 1.807) is 37.3 Å². The van der Waals surface area contributed by atoms with Crippen molar-refractivity contribution < 1.29 is 27.5 Å². The van der Waals surface area contributed by atoms with Crippen molar-refractivity contribution in [2.45, 2.75) is 11.8 Å². The largest absolute Gasteiger partial charge is 0.454 e. The van der Waals surface area contributed by atoms with Gasteiger partial charge in [-0.05, 0) is 55.0 Å². The third kappa shape index (κ3) is 5.58. The third-order valence-corrected chi connectivity index (χ3v) is 8.70. The maximum Gasteiger partial charge on any atom is 0.339 e. The summed E-state index contributed by atoms with van der Waals surface area (Å²) in [4.78, 5) is 31.0. The van der Waals surface area contributed by atoms with Crippen molar-refractivity contribution in [1.29, 1.82) is 0 Å². The summed E-state index contributed by atoms with van der Waals surface area (Å²) in [5.41, 5.74) is 3.10. The number of Topliss-reactive ketones (excluding diaryl/α,β-unsaturated/α-hetero) is 1. The van der Waals surface area contributed by atoms with Crippen LogP contribution in [0, 0.1) is 6.92 Å². The molecular formula is C29H25ClN2O6S. The molecule has 1 fully saturated rings. The van der Waals surface area contributed by atoms with Crippen LogP contribution in [0.15, 0.2) is 77.7 Å². The molecule has 8 nitrogen and oxygen atoms in total. The summed E-state index contributed by atoms with van der Waals surface area (Å²) in [6.07, 6.45) is 0. The van der Waals surface area contributed by atoms with Crippen molar-refractivity contribution in [3.63, 3.8) is 0 Å². The first-order valence-corrected chi connectivity index (χ1v) is 14.1. The van der Waals surface area contributed by atoms with E-state index in [1.807, 2.05) is 18.2 Å². The van der Waals surface area contributed by atoms with Crippen LogP contribution >= 0.6 is 11.6 Å². The lowest BCUT2D eigenvalue weighted by Gasteiger charge is -2.26. The Balaban J connectivity index is 1.36. The molecular weight excluding hydrogens is 540 g/mol. The van der Waals surface area contributed by atoms with Crippen LogP contribution in [0.25, 0.3) is 22.2 Å². The molecule has 4 aromatic rings. The smallest absolute Gasteiger partial charge is 0.339 e. The zero-order valence-corrected chi connectivity index (χ0v) is 22.7. The standard InChI is InChI=1S/C29H25ClN2O6S/c1-19-27(24-7-2-3-8-25(24)31-28(19)21-5-4-6-22(30)17-21)29(34)38-18-26(33)20-9-11-23(12-10-20)39(35,36)32-13-15-37-16-14-32/h2-12,17H,13-16,18H2,1H3. The number of ether oxygens (including phenoxy) is 2. The van der Waals surface area contributed by atoms with Crippen LogP contribution < -0.4 is 0 Å². The molecule has 0 bridgehead atoms. The van der Waals surface area contributed by atoms with Crippen LogP contribution in [0.3, 0.4) is 0 Å². The molecule has 0 amide bonds. The van der Waals surface area contributed by atoms with E-state index in [0.29, 0.717) is 46.0 Å². The molecule has 0 atom stereocenters. The molecule has 0 N–H and O–H groups in total. The zero-order valence-electron chi connectivity index (χ0n) is 21.1. The van der Waals surface area contributed by atoms with E-state index in [1.165, 1.54) is 28.6 Å². The quantitative estimate of drug-likeness (QED) is 0.232. The second-order valence-corrected chi connectivity index (χ2v) is 11.4. The molecule has 0 aliphatic carbocycles. The minimum Gasteiger partial charge on any atom is -0.454 e. The van der Waals surface area contributed by atoms with Crippen molar-refractivity contribution in [2.75, 3.05) is 32.9 Å². The minimum absolute atomic E-state index is 0.0883. The lowest BCUT2D eigenvalue weighted by molar-refractivity contribution is 0.0476. The number of aromatic nitrogens is 1. The molecule has 39 heavy (non-hydrogen) atoms. The number of ketones is 1. The first-order chi connectivity index (χ1) is 18.8. The van der Waals surface area contributed by atoms with Gasteiger partial charge in [-0.15, -0.1) is 0 Å². The number of pyridine rings is 1. The number of carbonyl (C=O) groups is 2. The molecule has 0 radical (unpaired) electrons. The van der Waals surface area contributed by atoms with Crippen molar-refractivity contribution in [3.05, 3.63) is 94.5 Å². The fraction of sp³-hybridized carbons (Fsp3) is 0.207. The summed E-state index contributed by atoms with van der Waals surface area (Å²) in [7, 11) is -3.68. The number of esters is 1. The van der Waals surface area contributed by atoms with Crippen LogP contribution in [-0.2, 0) is 19.5 Å². The van der Waals surface area contributed by atoms with Gasteiger partial charge in [0.05, 0.1) is 34.9 Å². The number of rotatable bonds is 7. The number of halogens is 1. The van der Waals surface area contributed by atoms with E-state index in [-0.39, 0.29) is 23.5 Å². The van der Waals surface area contributed by atoms with Gasteiger partial charge >= 0.3 is 5.97 Å². The monoisotopic (exact) mass is 564 g/mol. The second-order valence-electron chi connectivity index (χ2n) is 9.03. The number of hydrogen-bond donors (Lipinski definition) is 0. The van der Waals surface area contributed by atoms with Gasteiger partial charge in [0, 0.05) is 34.6 Å². The highest BCUT2D eigenvalue weighted by molar-refractivity contribution is 7.89. The first kappa shape index (κ1) is 27.0. The summed E-state index contributed by atoms with van der Waals surface area (Å²) >= 11 is 6.19. The Kier molecular flexibility index (Phi) is 7.76. The number of morpholine rings is 1. The third-order valence-electron chi connectivity index (χ3n) is 6.56. The van der Waals surface area contributed by atoms with Gasteiger partial charge in [0.1, 0.15) is 0 Å². The van der Waals surface area contributed by atoms with Gasteiger partial charge in [0.15, 0.2) is 12.4 Å². The van der Waals surface area contributed by atoms with Gasteiger partial charge in [-0.25, -0.2) is 18.2 Å². The van der Waals surface area contributed by atoms with Crippen LogP contribution in [0.5, 0.6) is 0 Å². The van der Waals surface area contributed by atoms with Gasteiger partial charge < -0.3 is 9.47 Å². The van der Waals surface area contributed by atoms with E-state index < -0.39 is 28.4 Å². The lowest BCUT2D eigenvalue weighted by atomic mass is 9.98. The van der Waals surface area contributed by atoms with E-state index in [4.69, 9.17) is 26.1 Å². The predicted octanol–water partition coefficient (Wildman–Crippen LogP) is 4.92. The van der Waals surface area contributed by atoms with Gasteiger partial charge in [-0.3, -0.25) is 4.79 Å². The Labute approximate surface area is 231 Å². The van der Waals surface area contributed by atoms with Gasteiger partial charge in [-0.1, -0.05) is 41.9 Å². The molecule has 200 valence electrons. The number of carbonyl (C=O) groups excluding carboxylic acids is 2. The normalized spacial score (nSPS) is 14.3. The topological polar surface area (TPSA) is 103 Å². The fourth-order valence-corrected chi connectivity index (χ4v) is 6.12. The van der Waals surface area contributed by atoms with E-state index in [2.05, 4.69) is 0 Å². The van der Waals surface area contributed by atoms with Crippen molar-refractivity contribution in [3.8, 4) is 11.3 Å². The summed E-state index contributed by atoms with van der Waals surface area (Å²) < 4.78 is 37.7. The molecule has 0 unspecified atom stereocenters. The van der Waals surface area contributed by atoms with Gasteiger partial charge in [0.2, 0.25) is 10.0 Å². The first-order valence-electron chi connectivity index (χ1n) is 12.3. The molecule has 1 saturated heterocycles. The Bertz CT molecular complexity index is 1670. The Morgan fingerprint density at radius 3 is 2.44 bits per heavy atom. The summed E-state index contributed by atoms with van der Waals surface area (Å²) in [5, 5.41) is 1.15. The summed E-state index contributed by atoms with van der Waals surface area (Å²) in [6.45, 7) is 2.52. The number of fused-ring (bicyclic) bond motifs is 1. The van der Waals surface area contributed by atoms with Crippen LogP contribution in [-0.4, -0.2) is 62.4 Å². The van der Waals surface area contributed by atoms with Crippen LogP contribution in [0.2, 0.25) is 5.02 Å². The maximum atomic E-state index is 13.3.